The van der Waals surface area contributed by atoms with Crippen molar-refractivity contribution in [2.45, 2.75) is 414 Å². The van der Waals surface area contributed by atoms with E-state index >= 15 is 0 Å². The smallest absolute Gasteiger partial charge is 0.127 e. The van der Waals surface area contributed by atoms with Gasteiger partial charge in [0, 0.05) is 67.0 Å². The van der Waals surface area contributed by atoms with Crippen LogP contribution in [0, 0.1) is 47.3 Å². The molecular formula is C126H180N4Si3. The standard InChI is InChI=1S/C49H68N2Si.C39H57NSi.C38H55NSi/c1-9-11-30-49(31-12-10-2)45-34-41(50(38-22-16-13-17-23-38)39-24-18-14-19-25-39)28-29-42(45)44-33-37-32-36(3)47(43(37)35-46(44)49)52(7,8)51(48(4,5)6)40-26-20-15-21-27-40;1-25-21-28-22-32-30-20-17-27(26-15-18-29(19-16-26)36(2,3)4)23-33(30)39(11,12)34(32)24-31(28)35(25)41(13,14)40(37(5,6)7)38(8,9)10;1-35(2,3)28-18-14-25(15-19-28)26-16-20-29-31-22-27-17-21-34(30(27)24-33(31)38(10,11)32(29)23-26)40(12,13)39(36(4,5)6)37(7,8)9/h13-14,16-19,22-25,28-29,33-37,40,43,47H,9-12,15,20-21,26-27,30-32H2,1-8H3;15-20,22-25,28,31,35H,21H2,1-14H3;14-16,18-20,22-24,27,30,34H,17,21H2,1-13H3. The molecule has 0 amide bonds. The quantitative estimate of drug-likeness (QED) is 0.0794. The lowest BCUT2D eigenvalue weighted by atomic mass is 9.68. The molecule has 7 aromatic carbocycles. The second-order valence-electron chi connectivity index (χ2n) is 53.5. The molecule has 7 aromatic rings. The summed E-state index contributed by atoms with van der Waals surface area (Å²) in [5, 5.41) is 0. The second kappa shape index (κ2) is 36.5. The van der Waals surface area contributed by atoms with Gasteiger partial charge < -0.3 is 18.6 Å². The van der Waals surface area contributed by atoms with Gasteiger partial charge in [0.05, 0.1) is 0 Å². The zero-order chi connectivity index (χ0) is 96.8. The first-order valence-electron chi connectivity index (χ1n) is 53.2. The predicted octanol–water partition coefficient (Wildman–Crippen LogP) is 36.2. The van der Waals surface area contributed by atoms with Crippen molar-refractivity contribution >= 4 is 58.5 Å². The third-order valence-corrected chi connectivity index (χ3v) is 49.8. The van der Waals surface area contributed by atoms with E-state index in [-0.39, 0.29) is 54.8 Å². The van der Waals surface area contributed by atoms with E-state index in [1.54, 1.807) is 27.9 Å². The van der Waals surface area contributed by atoms with Gasteiger partial charge in [-0.3, -0.25) is 0 Å². The minimum atomic E-state index is -1.86. The SMILES string of the molecule is CC(C)(C)c1ccc(-c2ccc3c(c2)C(C)(C)C2=CC4C(C=C23)CCC4[Si](C)(C)N(C(C)(C)C)C(C)(C)C)cc1.CC1CC2C=C3C(=CC2C1[Si](C)(C)N(C(C)(C)C)C(C)(C)C)C(C)(C)c1cc(-c2ccc(C(C)(C)C)cc2)ccc13.CCCCC1(CCCC)C2=CC3C(C=C2c2ccc(N(c4ccccc4)c4ccccc4)cc21)CC(C)C3[Si](C)(C)N(C1CCCCC1)C(C)(C)C. The Bertz CT molecular complexity index is 5470. The molecule has 11 atom stereocenters. The maximum absolute atomic E-state index is 3.17. The Labute approximate surface area is 816 Å². The third kappa shape index (κ3) is 18.9. The van der Waals surface area contributed by atoms with Gasteiger partial charge >= 0.3 is 0 Å². The first-order chi connectivity index (χ1) is 61.9. The molecule has 4 fully saturated rings. The van der Waals surface area contributed by atoms with E-state index in [1.165, 1.54) is 186 Å². The number of benzene rings is 7. The molecule has 10 aliphatic rings. The Balaban J connectivity index is 0.000000154. The molecule has 716 valence electrons. The highest BCUT2D eigenvalue weighted by Gasteiger charge is 2.61. The number of anilines is 3. The lowest BCUT2D eigenvalue weighted by Gasteiger charge is -2.57. The van der Waals surface area contributed by atoms with E-state index in [9.17, 15) is 0 Å². The molecule has 4 saturated carbocycles. The van der Waals surface area contributed by atoms with Crippen molar-refractivity contribution in [3.63, 3.8) is 0 Å². The summed E-state index contributed by atoms with van der Waals surface area (Å²) in [5.74, 6) is 5.39. The molecule has 10 aliphatic carbocycles. The third-order valence-electron chi connectivity index (χ3n) is 34.9. The minimum absolute atomic E-state index is 0.0172. The minimum Gasteiger partial charge on any atom is -0.316 e. The summed E-state index contributed by atoms with van der Waals surface area (Å²) in [6, 6.07) is 63.3. The fourth-order valence-corrected chi connectivity index (χ4v) is 50.2. The Kier molecular flexibility index (Phi) is 27.7. The van der Waals surface area contributed by atoms with Crippen LogP contribution in [0.3, 0.4) is 0 Å². The lowest BCUT2D eigenvalue weighted by Crippen LogP contribution is -2.67. The number of para-hydroxylation sites is 2. The molecule has 4 nitrogen and oxygen atoms in total. The van der Waals surface area contributed by atoms with Crippen molar-refractivity contribution < 1.29 is 0 Å². The van der Waals surface area contributed by atoms with Crippen molar-refractivity contribution in [3.8, 4) is 22.3 Å². The molecule has 0 spiro atoms. The molecule has 0 aliphatic heterocycles. The molecule has 17 rings (SSSR count). The van der Waals surface area contributed by atoms with Crippen LogP contribution in [0.15, 0.2) is 217 Å². The number of unbranched alkanes of at least 4 members (excludes halogenated alkanes) is 2. The van der Waals surface area contributed by atoms with Crippen molar-refractivity contribution in [2.24, 2.45) is 47.3 Å². The van der Waals surface area contributed by atoms with E-state index < -0.39 is 24.7 Å². The normalized spacial score (nSPS) is 24.8. The number of nitrogens with zero attached hydrogens (tertiary/aromatic N) is 4. The molecule has 0 radical (unpaired) electrons. The topological polar surface area (TPSA) is 13.0 Å². The molecule has 0 saturated heterocycles. The number of allylic oxidation sites excluding steroid dienone is 12. The Hall–Kier alpha value is -6.69. The van der Waals surface area contributed by atoms with E-state index in [2.05, 4.69) is 459 Å². The summed E-state index contributed by atoms with van der Waals surface area (Å²) in [6.45, 7) is 86.7. The average Bonchev–Trinajstić information content (AvgIpc) is 1.55. The van der Waals surface area contributed by atoms with E-state index in [4.69, 9.17) is 0 Å². The van der Waals surface area contributed by atoms with Gasteiger partial charge in [-0.15, -0.1) is 0 Å². The first-order valence-corrected chi connectivity index (χ1v) is 62.3. The number of hydrogen-bond donors (Lipinski definition) is 0. The van der Waals surface area contributed by atoms with Crippen LogP contribution < -0.4 is 4.90 Å². The summed E-state index contributed by atoms with van der Waals surface area (Å²) in [5.41, 5.74) is 34.0. The Morgan fingerprint density at radius 2 is 0.722 bits per heavy atom. The van der Waals surface area contributed by atoms with Gasteiger partial charge in [0.25, 0.3) is 0 Å². The van der Waals surface area contributed by atoms with Crippen LogP contribution in [0.5, 0.6) is 0 Å². The highest BCUT2D eigenvalue weighted by Crippen LogP contribution is 2.67. The van der Waals surface area contributed by atoms with Crippen molar-refractivity contribution in [1.82, 2.24) is 13.7 Å². The maximum Gasteiger partial charge on any atom is 0.127 e. The van der Waals surface area contributed by atoms with Crippen molar-refractivity contribution in [1.29, 1.82) is 0 Å². The zero-order valence-corrected chi connectivity index (χ0v) is 93.4. The Morgan fingerprint density at radius 3 is 1.14 bits per heavy atom. The van der Waals surface area contributed by atoms with Crippen LogP contribution in [0.25, 0.3) is 39.0 Å². The number of fused-ring (bicyclic) bond motifs is 12. The molecular weight excluding hydrogens is 1650 g/mol. The van der Waals surface area contributed by atoms with Crippen LogP contribution in [0.4, 0.5) is 17.1 Å². The van der Waals surface area contributed by atoms with Crippen LogP contribution >= 0.6 is 0 Å². The fourth-order valence-electron chi connectivity index (χ4n) is 31.6. The van der Waals surface area contributed by atoms with E-state index in [0.29, 0.717) is 35.5 Å². The predicted molar refractivity (Wildman–Crippen MR) is 590 cm³/mol. The fraction of sp³-hybridized carbons (Fsp3) is 0.571. The van der Waals surface area contributed by atoms with Crippen LogP contribution in [-0.2, 0) is 27.1 Å². The summed E-state index contributed by atoms with van der Waals surface area (Å²) in [7, 11) is -5.45. The molecule has 0 N–H and O–H groups in total. The second-order valence-corrected chi connectivity index (χ2v) is 66.8. The van der Waals surface area contributed by atoms with Crippen LogP contribution in [-0.4, -0.2) is 72.1 Å². The summed E-state index contributed by atoms with van der Waals surface area (Å²) in [6.07, 6.45) is 36.6. The van der Waals surface area contributed by atoms with Gasteiger partial charge in [0.1, 0.15) is 24.7 Å². The first kappa shape index (κ1) is 101. The number of rotatable bonds is 18. The highest BCUT2D eigenvalue weighted by molar-refractivity contribution is 6.77. The van der Waals surface area contributed by atoms with Crippen molar-refractivity contribution in [2.75, 3.05) is 4.90 Å². The van der Waals surface area contributed by atoms with E-state index in [0.717, 1.165) is 34.5 Å². The molecule has 0 heterocycles. The molecule has 7 heteroatoms. The van der Waals surface area contributed by atoms with Crippen molar-refractivity contribution in [3.05, 3.63) is 261 Å². The molecule has 11 unspecified atom stereocenters. The largest absolute Gasteiger partial charge is 0.316 e. The van der Waals surface area contributed by atoms with Gasteiger partial charge in [-0.05, 0) is 372 Å². The zero-order valence-electron chi connectivity index (χ0n) is 90.4. The number of hydrogen-bond acceptors (Lipinski definition) is 4. The van der Waals surface area contributed by atoms with Crippen LogP contribution in [0.2, 0.25) is 55.9 Å². The summed E-state index contributed by atoms with van der Waals surface area (Å²) < 4.78 is 9.07. The lowest BCUT2D eigenvalue weighted by molar-refractivity contribution is 0.121. The maximum atomic E-state index is 3.17. The average molecular weight is 1840 g/mol. The highest BCUT2D eigenvalue weighted by atomic mass is 28.3. The monoisotopic (exact) mass is 1830 g/mol. The Morgan fingerprint density at radius 1 is 0.346 bits per heavy atom. The molecule has 0 bridgehead atoms. The van der Waals surface area contributed by atoms with Gasteiger partial charge in [0.15, 0.2) is 0 Å². The summed E-state index contributed by atoms with van der Waals surface area (Å²) >= 11 is 0. The van der Waals surface area contributed by atoms with Gasteiger partial charge in [-0.25, -0.2) is 0 Å². The van der Waals surface area contributed by atoms with Gasteiger partial charge in [-0.1, -0.05) is 339 Å². The van der Waals surface area contributed by atoms with Gasteiger partial charge in [0.2, 0.25) is 0 Å². The summed E-state index contributed by atoms with van der Waals surface area (Å²) in [4.78, 5) is 2.47. The van der Waals surface area contributed by atoms with E-state index in [1.807, 2.05) is 0 Å². The van der Waals surface area contributed by atoms with Crippen LogP contribution in [0.1, 0.15) is 342 Å². The molecule has 133 heavy (non-hydrogen) atoms. The molecule has 0 aromatic heterocycles. The van der Waals surface area contributed by atoms with Gasteiger partial charge in [-0.2, -0.15) is 0 Å².